The fourth-order valence-corrected chi connectivity index (χ4v) is 3.34. The van der Waals surface area contributed by atoms with Crippen LogP contribution in [0.3, 0.4) is 0 Å². The van der Waals surface area contributed by atoms with Gasteiger partial charge in [0.25, 0.3) is 11.8 Å². The molecule has 0 spiro atoms. The van der Waals surface area contributed by atoms with Crippen LogP contribution >= 0.6 is 11.3 Å². The Balaban J connectivity index is 1.69. The number of carbonyl (C=O) groups excluding carboxylic acids is 4. The number of nitrogens with zero attached hydrogens (tertiary/aromatic N) is 1. The Kier molecular flexibility index (Phi) is 7.78. The van der Waals surface area contributed by atoms with Crippen LogP contribution < -0.4 is 10.6 Å². The van der Waals surface area contributed by atoms with Gasteiger partial charge in [-0.25, -0.2) is 4.79 Å². The molecule has 0 unspecified atom stereocenters. The molecule has 27 heavy (non-hydrogen) atoms. The molecule has 1 fully saturated rings. The van der Waals surface area contributed by atoms with E-state index in [1.165, 1.54) is 11.3 Å². The van der Waals surface area contributed by atoms with Crippen LogP contribution in [0.2, 0.25) is 0 Å². The van der Waals surface area contributed by atoms with E-state index in [9.17, 15) is 19.2 Å². The second-order valence-corrected chi connectivity index (χ2v) is 7.43. The van der Waals surface area contributed by atoms with Crippen molar-refractivity contribution >= 4 is 35.2 Å². The molecule has 1 aliphatic heterocycles. The van der Waals surface area contributed by atoms with Gasteiger partial charge in [-0.05, 0) is 37.6 Å². The van der Waals surface area contributed by atoms with Gasteiger partial charge in [-0.1, -0.05) is 13.0 Å². The van der Waals surface area contributed by atoms with Crippen LogP contribution in [-0.2, 0) is 14.3 Å². The summed E-state index contributed by atoms with van der Waals surface area (Å²) >= 11 is 1.39. The van der Waals surface area contributed by atoms with Crippen molar-refractivity contribution in [2.24, 2.45) is 5.92 Å². The zero-order valence-electron chi connectivity index (χ0n) is 15.5. The number of rotatable bonds is 6. The van der Waals surface area contributed by atoms with Crippen LogP contribution in [0.4, 0.5) is 4.79 Å². The maximum atomic E-state index is 12.3. The number of piperidine rings is 1. The second kappa shape index (κ2) is 10.1. The normalized spacial score (nSPS) is 15.7. The number of urea groups is 1. The van der Waals surface area contributed by atoms with E-state index in [4.69, 9.17) is 4.74 Å². The smallest absolute Gasteiger partial charge is 0.321 e. The number of carbonyl (C=O) groups is 4. The van der Waals surface area contributed by atoms with Gasteiger partial charge in [0.1, 0.15) is 0 Å². The van der Waals surface area contributed by atoms with Gasteiger partial charge in [-0.2, -0.15) is 0 Å². The predicted octanol–water partition coefficient (Wildman–Crippen LogP) is 1.77. The van der Waals surface area contributed by atoms with E-state index in [0.717, 1.165) is 6.42 Å². The summed E-state index contributed by atoms with van der Waals surface area (Å²) in [7, 11) is 0. The van der Waals surface area contributed by atoms with Crippen LogP contribution in [0.1, 0.15) is 42.8 Å². The second-order valence-electron chi connectivity index (χ2n) is 6.48. The fraction of sp³-hybridized carbons (Fsp3) is 0.556. The Morgan fingerprint density at radius 1 is 1.30 bits per heavy atom. The fourth-order valence-electron chi connectivity index (χ4n) is 2.65. The molecule has 8 nitrogen and oxygen atoms in total. The molecule has 148 valence electrons. The topological polar surface area (TPSA) is 105 Å². The van der Waals surface area contributed by atoms with E-state index < -0.39 is 24.5 Å². The van der Waals surface area contributed by atoms with Gasteiger partial charge in [0, 0.05) is 19.1 Å². The van der Waals surface area contributed by atoms with Crippen LogP contribution in [0.15, 0.2) is 17.5 Å². The maximum absolute atomic E-state index is 12.3. The first-order valence-electron chi connectivity index (χ1n) is 9.00. The van der Waals surface area contributed by atoms with Crippen molar-refractivity contribution in [1.82, 2.24) is 15.5 Å². The average molecular weight is 395 g/mol. The predicted molar refractivity (Wildman–Crippen MR) is 100 cm³/mol. The SMILES string of the molecule is CC[C@@H](C)NC(=O)NC(=O)COC(=O)C1CCN(C(=O)c2cccs2)CC1. The summed E-state index contributed by atoms with van der Waals surface area (Å²) in [6.07, 6.45) is 1.72. The van der Waals surface area contributed by atoms with Crippen molar-refractivity contribution < 1.29 is 23.9 Å². The summed E-state index contributed by atoms with van der Waals surface area (Å²) in [5.41, 5.74) is 0. The highest BCUT2D eigenvalue weighted by Gasteiger charge is 2.29. The molecule has 2 heterocycles. The number of thiophene rings is 1. The third-order valence-electron chi connectivity index (χ3n) is 4.44. The molecule has 0 bridgehead atoms. The van der Waals surface area contributed by atoms with Crippen molar-refractivity contribution in [2.45, 2.75) is 39.2 Å². The number of esters is 1. The third-order valence-corrected chi connectivity index (χ3v) is 5.29. The average Bonchev–Trinajstić information content (AvgIpc) is 3.20. The Morgan fingerprint density at radius 2 is 2.00 bits per heavy atom. The first-order valence-corrected chi connectivity index (χ1v) is 9.88. The Morgan fingerprint density at radius 3 is 2.59 bits per heavy atom. The molecule has 0 radical (unpaired) electrons. The Hall–Kier alpha value is -2.42. The van der Waals surface area contributed by atoms with Gasteiger partial charge in [0.15, 0.2) is 6.61 Å². The van der Waals surface area contributed by atoms with E-state index in [1.54, 1.807) is 11.0 Å². The molecule has 2 N–H and O–H groups in total. The van der Waals surface area contributed by atoms with Gasteiger partial charge in [-0.3, -0.25) is 19.7 Å². The number of likely N-dealkylation sites (tertiary alicyclic amines) is 1. The van der Waals surface area contributed by atoms with Gasteiger partial charge >= 0.3 is 12.0 Å². The minimum atomic E-state index is -0.672. The monoisotopic (exact) mass is 395 g/mol. The number of ether oxygens (including phenoxy) is 1. The zero-order chi connectivity index (χ0) is 19.8. The van der Waals surface area contributed by atoms with Crippen LogP contribution in [-0.4, -0.2) is 54.5 Å². The Bertz CT molecular complexity index is 669. The number of imide groups is 1. The summed E-state index contributed by atoms with van der Waals surface area (Å²) < 4.78 is 5.01. The summed E-state index contributed by atoms with van der Waals surface area (Å²) in [4.78, 5) is 50.0. The molecule has 0 aromatic carbocycles. The lowest BCUT2D eigenvalue weighted by atomic mass is 9.97. The molecule has 1 aliphatic rings. The van der Waals surface area contributed by atoms with E-state index in [-0.39, 0.29) is 17.9 Å². The highest BCUT2D eigenvalue weighted by Crippen LogP contribution is 2.21. The highest BCUT2D eigenvalue weighted by atomic mass is 32.1. The van der Waals surface area contributed by atoms with Crippen molar-refractivity contribution in [2.75, 3.05) is 19.7 Å². The van der Waals surface area contributed by atoms with Crippen LogP contribution in [0, 0.1) is 5.92 Å². The summed E-state index contributed by atoms with van der Waals surface area (Å²) in [6, 6.07) is 2.95. The molecule has 0 saturated carbocycles. The lowest BCUT2D eigenvalue weighted by Crippen LogP contribution is -2.45. The number of nitrogens with one attached hydrogen (secondary N) is 2. The van der Waals surface area contributed by atoms with Gasteiger partial charge in [0.05, 0.1) is 10.8 Å². The summed E-state index contributed by atoms with van der Waals surface area (Å²) in [6.45, 7) is 4.18. The quantitative estimate of drug-likeness (QED) is 0.714. The first-order chi connectivity index (χ1) is 12.9. The van der Waals surface area contributed by atoms with Crippen LogP contribution in [0.25, 0.3) is 0 Å². The third kappa shape index (κ3) is 6.35. The molecule has 1 aromatic heterocycles. The van der Waals surface area contributed by atoms with E-state index in [1.807, 2.05) is 25.3 Å². The minimum absolute atomic E-state index is 0.0245. The lowest BCUT2D eigenvalue weighted by molar-refractivity contribution is -0.153. The van der Waals surface area contributed by atoms with E-state index in [0.29, 0.717) is 30.8 Å². The van der Waals surface area contributed by atoms with Crippen molar-refractivity contribution in [3.8, 4) is 0 Å². The van der Waals surface area contributed by atoms with Crippen LogP contribution in [0.5, 0.6) is 0 Å². The standard InChI is InChI=1S/C18H25N3O5S/c1-3-12(2)19-18(25)20-15(22)11-26-17(24)13-6-8-21(9-7-13)16(23)14-5-4-10-27-14/h4-5,10,12-13H,3,6-9,11H2,1-2H3,(H2,19,20,22,25)/t12-/m1/s1. The molecule has 1 aromatic rings. The Labute approximate surface area is 162 Å². The summed E-state index contributed by atoms with van der Waals surface area (Å²) in [5, 5.41) is 6.57. The van der Waals surface area contributed by atoms with Crippen molar-refractivity contribution in [3.63, 3.8) is 0 Å². The highest BCUT2D eigenvalue weighted by molar-refractivity contribution is 7.12. The van der Waals surface area contributed by atoms with Gasteiger partial charge in [-0.15, -0.1) is 11.3 Å². The molecule has 2 rings (SSSR count). The number of hydrogen-bond donors (Lipinski definition) is 2. The molecular weight excluding hydrogens is 370 g/mol. The van der Waals surface area contributed by atoms with E-state index >= 15 is 0 Å². The van der Waals surface area contributed by atoms with Crippen molar-refractivity contribution in [3.05, 3.63) is 22.4 Å². The maximum Gasteiger partial charge on any atom is 0.321 e. The zero-order valence-corrected chi connectivity index (χ0v) is 16.3. The molecule has 1 saturated heterocycles. The van der Waals surface area contributed by atoms with E-state index in [2.05, 4.69) is 10.6 Å². The summed E-state index contributed by atoms with van der Waals surface area (Å²) in [5.74, 6) is -1.52. The molecule has 0 aliphatic carbocycles. The van der Waals surface area contributed by atoms with Gasteiger partial charge in [0.2, 0.25) is 0 Å². The number of amides is 4. The first kappa shape index (κ1) is 20.9. The number of hydrogen-bond acceptors (Lipinski definition) is 6. The molecule has 1 atom stereocenters. The van der Waals surface area contributed by atoms with Gasteiger partial charge < -0.3 is 15.0 Å². The molecule has 4 amide bonds. The van der Waals surface area contributed by atoms with Crippen molar-refractivity contribution in [1.29, 1.82) is 0 Å². The largest absolute Gasteiger partial charge is 0.455 e. The minimum Gasteiger partial charge on any atom is -0.455 e. The molecular formula is C18H25N3O5S. The lowest BCUT2D eigenvalue weighted by Gasteiger charge is -2.30. The molecule has 9 heteroatoms.